The topological polar surface area (TPSA) is 26.3 Å². The molecule has 0 aromatic carbocycles. The largest absolute Gasteiger partial charge is 0.466 e. The monoisotopic (exact) mass is 147 g/mol. The van der Waals surface area contributed by atoms with E-state index in [2.05, 4.69) is 4.74 Å². The van der Waals surface area contributed by atoms with E-state index in [1.165, 1.54) is 0 Å². The Hall–Kier alpha value is -0.600. The van der Waals surface area contributed by atoms with Gasteiger partial charge >= 0.3 is 5.97 Å². The second kappa shape index (κ2) is 6.52. The summed E-state index contributed by atoms with van der Waals surface area (Å²) in [6.45, 7) is 1.70. The molecule has 0 radical (unpaired) electrons. The summed E-state index contributed by atoms with van der Waals surface area (Å²) in [5, 5.41) is 0. The Bertz CT molecular complexity index is 93.6. The Balaban J connectivity index is 3.05. The SMILES string of the molecule is CCCC(=O)OCCC[18F]. The van der Waals surface area contributed by atoms with Crippen LogP contribution in [0.15, 0.2) is 0 Å². The first-order chi connectivity index (χ1) is 4.81. The van der Waals surface area contributed by atoms with Gasteiger partial charge in [-0.25, -0.2) is 0 Å². The van der Waals surface area contributed by atoms with Gasteiger partial charge in [-0.3, -0.25) is 9.18 Å². The van der Waals surface area contributed by atoms with Gasteiger partial charge in [0.05, 0.1) is 13.3 Å². The summed E-state index contributed by atoms with van der Waals surface area (Å²) in [4.78, 5) is 10.6. The smallest absolute Gasteiger partial charge is 0.305 e. The summed E-state index contributed by atoms with van der Waals surface area (Å²) in [5.74, 6) is -0.226. The van der Waals surface area contributed by atoms with Crippen molar-refractivity contribution in [3.8, 4) is 0 Å². The zero-order valence-electron chi connectivity index (χ0n) is 6.23. The highest BCUT2D eigenvalue weighted by Gasteiger charge is 1.98. The number of hydrogen-bond acceptors (Lipinski definition) is 2. The lowest BCUT2D eigenvalue weighted by Gasteiger charge is -1.99. The zero-order valence-corrected chi connectivity index (χ0v) is 6.23. The molecular weight excluding hydrogens is 134 g/mol. The maximum Gasteiger partial charge on any atom is 0.305 e. The Kier molecular flexibility index (Phi) is 6.13. The van der Waals surface area contributed by atoms with Crippen LogP contribution in [-0.4, -0.2) is 19.3 Å². The van der Waals surface area contributed by atoms with Crippen LogP contribution >= 0.6 is 0 Å². The van der Waals surface area contributed by atoms with Crippen LogP contribution in [0.5, 0.6) is 0 Å². The van der Waals surface area contributed by atoms with Gasteiger partial charge in [0.15, 0.2) is 0 Å². The van der Waals surface area contributed by atoms with E-state index in [-0.39, 0.29) is 12.6 Å². The number of rotatable bonds is 5. The predicted molar refractivity (Wildman–Crippen MR) is 36.5 cm³/mol. The summed E-state index contributed by atoms with van der Waals surface area (Å²) in [5.41, 5.74) is 0. The molecule has 0 saturated carbocycles. The number of alkyl halides is 1. The highest BCUT2D eigenvalue weighted by molar-refractivity contribution is 5.69. The molecule has 0 atom stereocenters. The van der Waals surface area contributed by atoms with E-state index >= 15 is 0 Å². The average Bonchev–Trinajstić information content (AvgIpc) is 1.89. The number of hydrogen-bond donors (Lipinski definition) is 0. The molecule has 0 heterocycles. The number of carbonyl (C=O) groups excluding carboxylic acids is 1. The van der Waals surface area contributed by atoms with Crippen molar-refractivity contribution in [3.05, 3.63) is 0 Å². The molecule has 0 aliphatic heterocycles. The third kappa shape index (κ3) is 5.54. The summed E-state index contributed by atoms with van der Waals surface area (Å²) in [6.07, 6.45) is 1.54. The van der Waals surface area contributed by atoms with E-state index in [9.17, 15) is 9.18 Å². The average molecular weight is 147 g/mol. The molecule has 0 fully saturated rings. The zero-order chi connectivity index (χ0) is 7.82. The second-order valence-corrected chi connectivity index (χ2v) is 2.01. The standard InChI is InChI=1S/C7H13FO2/c1-2-4-7(9)10-6-3-5-8/h2-6H2,1H3/i8-1. The number of esters is 1. The molecule has 2 nitrogen and oxygen atoms in total. The molecule has 0 bridgehead atoms. The second-order valence-electron chi connectivity index (χ2n) is 2.01. The van der Waals surface area contributed by atoms with Crippen molar-refractivity contribution in [1.82, 2.24) is 0 Å². The third-order valence-electron chi connectivity index (χ3n) is 0.995. The van der Waals surface area contributed by atoms with Crippen molar-refractivity contribution in [1.29, 1.82) is 0 Å². The normalized spacial score (nSPS) is 9.40. The first-order valence-electron chi connectivity index (χ1n) is 3.52. The molecule has 3 heteroatoms. The van der Waals surface area contributed by atoms with Crippen LogP contribution in [-0.2, 0) is 9.53 Å². The molecule has 0 N–H and O–H groups in total. The maximum atomic E-state index is 11.4. The van der Waals surface area contributed by atoms with Crippen molar-refractivity contribution in [2.45, 2.75) is 26.2 Å². The number of ether oxygens (including phenoxy) is 1. The van der Waals surface area contributed by atoms with Gasteiger partial charge in [0, 0.05) is 12.8 Å². The van der Waals surface area contributed by atoms with Crippen molar-refractivity contribution in [2.24, 2.45) is 0 Å². The van der Waals surface area contributed by atoms with E-state index in [1.807, 2.05) is 6.92 Å². The highest BCUT2D eigenvalue weighted by Crippen LogP contribution is 1.92. The molecule has 0 aliphatic rings. The summed E-state index contributed by atoms with van der Waals surface area (Å²) < 4.78 is 16.1. The first-order valence-corrected chi connectivity index (χ1v) is 3.52. The molecule has 0 spiro atoms. The molecule has 0 unspecified atom stereocenters. The van der Waals surface area contributed by atoms with Gasteiger partial charge in [0.2, 0.25) is 0 Å². The van der Waals surface area contributed by atoms with Crippen molar-refractivity contribution >= 4 is 5.97 Å². The van der Waals surface area contributed by atoms with E-state index in [0.29, 0.717) is 12.8 Å². The van der Waals surface area contributed by atoms with Crippen molar-refractivity contribution in [2.75, 3.05) is 13.3 Å². The molecule has 60 valence electrons. The van der Waals surface area contributed by atoms with Crippen LogP contribution in [0.3, 0.4) is 0 Å². The van der Waals surface area contributed by atoms with Gasteiger partial charge in [-0.2, -0.15) is 0 Å². The molecule has 0 amide bonds. The molecule has 0 saturated heterocycles. The van der Waals surface area contributed by atoms with Crippen LogP contribution in [0, 0.1) is 0 Å². The molecule has 0 aliphatic carbocycles. The Morgan fingerprint density at radius 3 is 2.80 bits per heavy atom. The minimum atomic E-state index is -0.417. The van der Waals surface area contributed by atoms with Crippen LogP contribution in [0.25, 0.3) is 0 Å². The molecule has 0 aromatic rings. The number of carbonyl (C=O) groups is 1. The van der Waals surface area contributed by atoms with Gasteiger partial charge in [0.1, 0.15) is 0 Å². The van der Waals surface area contributed by atoms with Gasteiger partial charge in [-0.1, -0.05) is 6.92 Å². The van der Waals surface area contributed by atoms with Crippen molar-refractivity contribution in [3.63, 3.8) is 0 Å². The minimum Gasteiger partial charge on any atom is -0.466 e. The summed E-state index contributed by atoms with van der Waals surface area (Å²) in [7, 11) is 0. The fourth-order valence-corrected chi connectivity index (χ4v) is 0.517. The van der Waals surface area contributed by atoms with Crippen LogP contribution in [0.4, 0.5) is 4.39 Å². The quantitative estimate of drug-likeness (QED) is 0.437. The molecule has 0 aromatic heterocycles. The third-order valence-corrected chi connectivity index (χ3v) is 0.995. The predicted octanol–water partition coefficient (Wildman–Crippen LogP) is 1.69. The minimum absolute atomic E-state index is 0.218. The van der Waals surface area contributed by atoms with Gasteiger partial charge in [-0.15, -0.1) is 0 Å². The van der Waals surface area contributed by atoms with Crippen LogP contribution in [0.1, 0.15) is 26.2 Å². The number of halogens is 1. The highest BCUT2D eigenvalue weighted by atomic mass is 18.2. The lowest BCUT2D eigenvalue weighted by molar-refractivity contribution is -0.143. The van der Waals surface area contributed by atoms with Gasteiger partial charge < -0.3 is 4.74 Å². The lowest BCUT2D eigenvalue weighted by atomic mass is 10.3. The summed E-state index contributed by atoms with van der Waals surface area (Å²) >= 11 is 0. The Morgan fingerprint density at radius 1 is 1.60 bits per heavy atom. The van der Waals surface area contributed by atoms with E-state index in [1.54, 1.807) is 0 Å². The van der Waals surface area contributed by atoms with E-state index in [0.717, 1.165) is 6.42 Å². The Labute approximate surface area is 60.4 Å². The van der Waals surface area contributed by atoms with Gasteiger partial charge in [-0.05, 0) is 6.42 Å². The van der Waals surface area contributed by atoms with E-state index < -0.39 is 6.67 Å². The maximum absolute atomic E-state index is 11.4. The molecular formula is C7H13FO2. The molecule has 10 heavy (non-hydrogen) atoms. The summed E-state index contributed by atoms with van der Waals surface area (Å²) in [6, 6.07) is 0. The fourth-order valence-electron chi connectivity index (χ4n) is 0.517. The van der Waals surface area contributed by atoms with Crippen LogP contribution in [0.2, 0.25) is 0 Å². The Morgan fingerprint density at radius 2 is 2.30 bits per heavy atom. The van der Waals surface area contributed by atoms with Crippen molar-refractivity contribution < 1.29 is 13.9 Å². The lowest BCUT2D eigenvalue weighted by Crippen LogP contribution is -2.05. The van der Waals surface area contributed by atoms with E-state index in [4.69, 9.17) is 0 Å². The first kappa shape index (κ1) is 9.40. The van der Waals surface area contributed by atoms with Gasteiger partial charge in [0.25, 0.3) is 0 Å². The fraction of sp³-hybridized carbons (Fsp3) is 0.857. The van der Waals surface area contributed by atoms with Crippen LogP contribution < -0.4 is 0 Å². The molecule has 0 rings (SSSR count).